The van der Waals surface area contributed by atoms with Crippen LogP contribution < -0.4 is 0 Å². The van der Waals surface area contributed by atoms with Crippen molar-refractivity contribution in [3.05, 3.63) is 11.6 Å². The highest BCUT2D eigenvalue weighted by Crippen LogP contribution is 2.15. The molecule has 12 heavy (non-hydrogen) atoms. The molecule has 1 unspecified atom stereocenters. The van der Waals surface area contributed by atoms with E-state index < -0.39 is 5.97 Å². The molecule has 0 heterocycles. The highest BCUT2D eigenvalue weighted by molar-refractivity contribution is 5.73. The number of unbranched alkanes of at least 4 members (excludes halogenated alkanes) is 1. The van der Waals surface area contributed by atoms with Crippen molar-refractivity contribution in [1.29, 1.82) is 0 Å². The number of aliphatic carboxylic acids is 1. The van der Waals surface area contributed by atoms with Gasteiger partial charge in [0.2, 0.25) is 0 Å². The highest BCUT2D eigenvalue weighted by Gasteiger charge is 2.15. The van der Waals surface area contributed by atoms with Gasteiger partial charge < -0.3 is 5.11 Å². The highest BCUT2D eigenvalue weighted by atomic mass is 16.4. The molecule has 1 atom stereocenters. The van der Waals surface area contributed by atoms with Crippen LogP contribution in [0.4, 0.5) is 0 Å². The molecule has 0 aromatic heterocycles. The minimum Gasteiger partial charge on any atom is -0.481 e. The lowest BCUT2D eigenvalue weighted by Crippen LogP contribution is -2.13. The number of allylic oxidation sites excluding steroid dienone is 1. The first-order valence-electron chi connectivity index (χ1n) is 4.52. The summed E-state index contributed by atoms with van der Waals surface area (Å²) in [6.45, 7) is 5.89. The summed E-state index contributed by atoms with van der Waals surface area (Å²) in [7, 11) is 0. The van der Waals surface area contributed by atoms with Crippen LogP contribution in [0.1, 0.15) is 40.0 Å². The molecular weight excluding hydrogens is 152 g/mol. The van der Waals surface area contributed by atoms with E-state index in [4.69, 9.17) is 5.11 Å². The molecule has 0 rings (SSSR count). The number of rotatable bonds is 5. The van der Waals surface area contributed by atoms with Crippen LogP contribution in [0.2, 0.25) is 0 Å². The van der Waals surface area contributed by atoms with Crippen LogP contribution >= 0.6 is 0 Å². The number of carboxylic acids is 1. The molecular formula is C10H18O2. The maximum absolute atomic E-state index is 10.7. The van der Waals surface area contributed by atoms with Crippen LogP contribution in [0.25, 0.3) is 0 Å². The summed E-state index contributed by atoms with van der Waals surface area (Å²) >= 11 is 0. The van der Waals surface area contributed by atoms with Crippen molar-refractivity contribution < 1.29 is 9.90 Å². The van der Waals surface area contributed by atoms with Gasteiger partial charge in [-0.25, -0.2) is 0 Å². The summed E-state index contributed by atoms with van der Waals surface area (Å²) in [5.74, 6) is -0.987. The van der Waals surface area contributed by atoms with E-state index in [0.717, 1.165) is 18.4 Å². The van der Waals surface area contributed by atoms with Gasteiger partial charge in [-0.1, -0.05) is 31.9 Å². The average molecular weight is 170 g/mol. The zero-order chi connectivity index (χ0) is 9.56. The standard InChI is InChI=1S/C10H18O2/c1-4-6-7-8(3)9(5-2)10(11)12/h7,9H,4-6H2,1-3H3,(H,11,12). The molecule has 2 nitrogen and oxygen atoms in total. The lowest BCUT2D eigenvalue weighted by Gasteiger charge is -2.09. The molecule has 0 aromatic rings. The third-order valence-electron chi connectivity index (χ3n) is 2.01. The second-order valence-corrected chi connectivity index (χ2v) is 3.04. The van der Waals surface area contributed by atoms with Gasteiger partial charge in [0.1, 0.15) is 0 Å². The Balaban J connectivity index is 4.20. The van der Waals surface area contributed by atoms with E-state index in [1.165, 1.54) is 0 Å². The SMILES string of the molecule is CCCC=C(C)C(CC)C(=O)O. The van der Waals surface area contributed by atoms with Crippen molar-refractivity contribution in [2.45, 2.75) is 40.0 Å². The summed E-state index contributed by atoms with van der Waals surface area (Å²) in [5, 5.41) is 8.80. The summed E-state index contributed by atoms with van der Waals surface area (Å²) in [6.07, 6.45) is 4.77. The van der Waals surface area contributed by atoms with E-state index in [1.54, 1.807) is 0 Å². The van der Waals surface area contributed by atoms with Crippen LogP contribution in [0.3, 0.4) is 0 Å². The van der Waals surface area contributed by atoms with Gasteiger partial charge in [0, 0.05) is 0 Å². The zero-order valence-corrected chi connectivity index (χ0v) is 8.13. The maximum Gasteiger partial charge on any atom is 0.310 e. The summed E-state index contributed by atoms with van der Waals surface area (Å²) in [4.78, 5) is 10.7. The molecule has 0 saturated carbocycles. The molecule has 0 aromatic carbocycles. The quantitative estimate of drug-likeness (QED) is 0.644. The van der Waals surface area contributed by atoms with Crippen molar-refractivity contribution in [3.63, 3.8) is 0 Å². The molecule has 0 aliphatic rings. The largest absolute Gasteiger partial charge is 0.481 e. The molecule has 70 valence electrons. The van der Waals surface area contributed by atoms with Crippen molar-refractivity contribution >= 4 is 5.97 Å². The minimum absolute atomic E-state index is 0.281. The Kier molecular flexibility index (Phi) is 5.43. The zero-order valence-electron chi connectivity index (χ0n) is 8.13. The molecule has 0 radical (unpaired) electrons. The number of carboxylic acid groups (broad SMARTS) is 1. The van der Waals surface area contributed by atoms with Gasteiger partial charge >= 0.3 is 5.97 Å². The fraction of sp³-hybridized carbons (Fsp3) is 0.700. The molecule has 0 spiro atoms. The second-order valence-electron chi connectivity index (χ2n) is 3.04. The Labute approximate surface area is 74.3 Å². The van der Waals surface area contributed by atoms with Crippen LogP contribution in [0.15, 0.2) is 11.6 Å². The van der Waals surface area contributed by atoms with Gasteiger partial charge in [-0.05, 0) is 19.8 Å². The molecule has 0 saturated heterocycles. The maximum atomic E-state index is 10.7. The Bertz CT molecular complexity index is 171. The Morgan fingerprint density at radius 3 is 2.42 bits per heavy atom. The predicted molar refractivity (Wildman–Crippen MR) is 50.1 cm³/mol. The van der Waals surface area contributed by atoms with Crippen molar-refractivity contribution in [3.8, 4) is 0 Å². The van der Waals surface area contributed by atoms with E-state index in [2.05, 4.69) is 6.92 Å². The molecule has 2 heteroatoms. The molecule has 1 N–H and O–H groups in total. The third-order valence-corrected chi connectivity index (χ3v) is 2.01. The van der Waals surface area contributed by atoms with Gasteiger partial charge in [-0.3, -0.25) is 4.79 Å². The van der Waals surface area contributed by atoms with Gasteiger partial charge in [0.15, 0.2) is 0 Å². The molecule has 0 fully saturated rings. The van der Waals surface area contributed by atoms with E-state index in [9.17, 15) is 4.79 Å². The first-order chi connectivity index (χ1) is 5.63. The topological polar surface area (TPSA) is 37.3 Å². The number of hydrogen-bond acceptors (Lipinski definition) is 1. The van der Waals surface area contributed by atoms with Crippen LogP contribution in [0, 0.1) is 5.92 Å². The minimum atomic E-state index is -0.706. The molecule has 0 bridgehead atoms. The monoisotopic (exact) mass is 170 g/mol. The normalized spacial score (nSPS) is 14.4. The molecule has 0 aliphatic heterocycles. The van der Waals surface area contributed by atoms with Crippen molar-refractivity contribution in [2.24, 2.45) is 5.92 Å². The number of carbonyl (C=O) groups is 1. The summed E-state index contributed by atoms with van der Waals surface area (Å²) in [6, 6.07) is 0. The second kappa shape index (κ2) is 5.81. The van der Waals surface area contributed by atoms with E-state index in [-0.39, 0.29) is 5.92 Å². The predicted octanol–water partition coefficient (Wildman–Crippen LogP) is 2.84. The molecule has 0 amide bonds. The third kappa shape index (κ3) is 3.56. The van der Waals surface area contributed by atoms with Crippen molar-refractivity contribution in [1.82, 2.24) is 0 Å². The average Bonchev–Trinajstić information content (AvgIpc) is 2.01. The smallest absolute Gasteiger partial charge is 0.310 e. The van der Waals surface area contributed by atoms with E-state index in [1.807, 2.05) is 19.9 Å². The Morgan fingerprint density at radius 2 is 2.08 bits per heavy atom. The Morgan fingerprint density at radius 1 is 1.50 bits per heavy atom. The van der Waals surface area contributed by atoms with Gasteiger partial charge in [0.25, 0.3) is 0 Å². The van der Waals surface area contributed by atoms with Gasteiger partial charge in [-0.15, -0.1) is 0 Å². The first kappa shape index (κ1) is 11.2. The van der Waals surface area contributed by atoms with E-state index in [0.29, 0.717) is 6.42 Å². The van der Waals surface area contributed by atoms with Crippen LogP contribution in [-0.4, -0.2) is 11.1 Å². The first-order valence-corrected chi connectivity index (χ1v) is 4.52. The fourth-order valence-corrected chi connectivity index (χ4v) is 1.21. The molecule has 0 aliphatic carbocycles. The van der Waals surface area contributed by atoms with Gasteiger partial charge in [-0.2, -0.15) is 0 Å². The van der Waals surface area contributed by atoms with Crippen LogP contribution in [-0.2, 0) is 4.79 Å². The van der Waals surface area contributed by atoms with Crippen molar-refractivity contribution in [2.75, 3.05) is 0 Å². The Hall–Kier alpha value is -0.790. The summed E-state index contributed by atoms with van der Waals surface area (Å²) < 4.78 is 0. The fourth-order valence-electron chi connectivity index (χ4n) is 1.21. The summed E-state index contributed by atoms with van der Waals surface area (Å²) in [5.41, 5.74) is 0.992. The lowest BCUT2D eigenvalue weighted by molar-refractivity contribution is -0.140. The van der Waals surface area contributed by atoms with Gasteiger partial charge in [0.05, 0.1) is 5.92 Å². The van der Waals surface area contributed by atoms with Crippen LogP contribution in [0.5, 0.6) is 0 Å². The lowest BCUT2D eigenvalue weighted by atomic mass is 9.97. The van der Waals surface area contributed by atoms with E-state index >= 15 is 0 Å². The number of hydrogen-bond donors (Lipinski definition) is 1.